The summed E-state index contributed by atoms with van der Waals surface area (Å²) >= 11 is 0. The summed E-state index contributed by atoms with van der Waals surface area (Å²) in [6.45, 7) is 4.32. The molecule has 0 aromatic heterocycles. The third-order valence-electron chi connectivity index (χ3n) is 5.28. The molecule has 3 N–H and O–H groups in total. The quantitative estimate of drug-likeness (QED) is 0.756. The Balaban J connectivity index is 1.58. The Morgan fingerprint density at radius 2 is 2.14 bits per heavy atom. The Kier molecular flexibility index (Phi) is 3.92. The summed E-state index contributed by atoms with van der Waals surface area (Å²) in [6.07, 6.45) is 2.85. The van der Waals surface area contributed by atoms with Crippen LogP contribution in [0.5, 0.6) is 0 Å². The summed E-state index contributed by atoms with van der Waals surface area (Å²) in [7, 11) is 0. The van der Waals surface area contributed by atoms with Gasteiger partial charge in [0.05, 0.1) is 11.5 Å². The predicted octanol–water partition coefficient (Wildman–Crippen LogP) is -0.133. The highest BCUT2D eigenvalue weighted by molar-refractivity contribution is 5.86. The van der Waals surface area contributed by atoms with Gasteiger partial charge in [-0.1, -0.05) is 6.92 Å². The van der Waals surface area contributed by atoms with Gasteiger partial charge in [0.25, 0.3) is 0 Å². The third-order valence-corrected chi connectivity index (χ3v) is 5.28. The molecule has 1 saturated carbocycles. The molecule has 3 unspecified atom stereocenters. The zero-order valence-electron chi connectivity index (χ0n) is 12.6. The van der Waals surface area contributed by atoms with Gasteiger partial charge in [-0.05, 0) is 25.2 Å². The maximum Gasteiger partial charge on any atom is 0.227 e. The molecule has 1 aliphatic carbocycles. The van der Waals surface area contributed by atoms with Crippen LogP contribution in [-0.2, 0) is 14.3 Å². The number of ether oxygens (including phenoxy) is 1. The molecule has 2 heterocycles. The Hall–Kier alpha value is -1.14. The van der Waals surface area contributed by atoms with Gasteiger partial charge >= 0.3 is 0 Å². The molecule has 118 valence electrons. The van der Waals surface area contributed by atoms with Gasteiger partial charge in [-0.2, -0.15) is 0 Å². The van der Waals surface area contributed by atoms with Crippen LogP contribution in [0, 0.1) is 11.3 Å². The largest absolute Gasteiger partial charge is 0.381 e. The van der Waals surface area contributed by atoms with Crippen molar-refractivity contribution in [3.63, 3.8) is 0 Å². The zero-order valence-corrected chi connectivity index (χ0v) is 12.6. The molecule has 2 amide bonds. The van der Waals surface area contributed by atoms with Crippen molar-refractivity contribution in [2.24, 2.45) is 17.1 Å². The maximum atomic E-state index is 12.6. The van der Waals surface area contributed by atoms with E-state index < -0.39 is 5.41 Å². The molecule has 0 aromatic rings. The number of hydrogen-bond acceptors (Lipinski definition) is 4. The number of likely N-dealkylation sites (tertiary alicyclic amines) is 1. The summed E-state index contributed by atoms with van der Waals surface area (Å²) < 4.78 is 5.33. The second-order valence-corrected chi connectivity index (χ2v) is 6.80. The first-order valence-corrected chi connectivity index (χ1v) is 7.94. The molecule has 2 saturated heterocycles. The highest BCUT2D eigenvalue weighted by Gasteiger charge is 2.46. The lowest BCUT2D eigenvalue weighted by Crippen LogP contribution is -2.52. The van der Waals surface area contributed by atoms with Crippen molar-refractivity contribution < 1.29 is 14.3 Å². The fraction of sp³-hybridized carbons (Fsp3) is 0.867. The van der Waals surface area contributed by atoms with Crippen LogP contribution in [0.1, 0.15) is 32.6 Å². The van der Waals surface area contributed by atoms with Crippen molar-refractivity contribution >= 4 is 11.8 Å². The van der Waals surface area contributed by atoms with Crippen molar-refractivity contribution in [2.75, 3.05) is 26.3 Å². The second-order valence-electron chi connectivity index (χ2n) is 6.80. The van der Waals surface area contributed by atoms with E-state index >= 15 is 0 Å². The SMILES string of the molecule is CC1CC1N1CC(NC(=O)C2(CN)CCOCC2)CC1=O. The number of nitrogens with zero attached hydrogens (tertiary/aromatic N) is 1. The molecule has 3 atom stereocenters. The highest BCUT2D eigenvalue weighted by Crippen LogP contribution is 2.37. The topological polar surface area (TPSA) is 84.7 Å². The van der Waals surface area contributed by atoms with E-state index in [2.05, 4.69) is 12.2 Å². The predicted molar refractivity (Wildman–Crippen MR) is 77.4 cm³/mol. The van der Waals surface area contributed by atoms with Crippen LogP contribution in [0.2, 0.25) is 0 Å². The molecule has 0 aromatic carbocycles. The molecule has 0 bridgehead atoms. The van der Waals surface area contributed by atoms with Gasteiger partial charge in [0.2, 0.25) is 11.8 Å². The van der Waals surface area contributed by atoms with Crippen molar-refractivity contribution in [2.45, 2.75) is 44.7 Å². The lowest BCUT2D eigenvalue weighted by molar-refractivity contribution is -0.136. The monoisotopic (exact) mass is 295 g/mol. The molecule has 6 heteroatoms. The van der Waals surface area contributed by atoms with E-state index in [0.29, 0.717) is 57.5 Å². The lowest BCUT2D eigenvalue weighted by Gasteiger charge is -2.35. The first kappa shape index (κ1) is 14.8. The van der Waals surface area contributed by atoms with E-state index in [9.17, 15) is 9.59 Å². The van der Waals surface area contributed by atoms with Crippen LogP contribution >= 0.6 is 0 Å². The molecule has 3 aliphatic rings. The average molecular weight is 295 g/mol. The molecule has 6 nitrogen and oxygen atoms in total. The van der Waals surface area contributed by atoms with Crippen LogP contribution in [0.4, 0.5) is 0 Å². The fourth-order valence-corrected chi connectivity index (χ4v) is 3.51. The minimum absolute atomic E-state index is 0.00297. The Labute approximate surface area is 125 Å². The molecule has 3 rings (SSSR count). The summed E-state index contributed by atoms with van der Waals surface area (Å²) in [5, 5.41) is 3.06. The summed E-state index contributed by atoms with van der Waals surface area (Å²) in [5.74, 6) is 0.773. The molecule has 0 radical (unpaired) electrons. The van der Waals surface area contributed by atoms with Crippen molar-refractivity contribution in [1.29, 1.82) is 0 Å². The summed E-state index contributed by atoms with van der Waals surface area (Å²) in [6, 6.07) is 0.329. The van der Waals surface area contributed by atoms with Gasteiger partial charge in [-0.25, -0.2) is 0 Å². The Bertz CT molecular complexity index is 434. The van der Waals surface area contributed by atoms with Crippen LogP contribution < -0.4 is 11.1 Å². The van der Waals surface area contributed by atoms with Crippen LogP contribution in [0.25, 0.3) is 0 Å². The van der Waals surface area contributed by atoms with E-state index in [1.807, 2.05) is 4.90 Å². The molecule has 0 spiro atoms. The Morgan fingerprint density at radius 1 is 1.48 bits per heavy atom. The number of rotatable bonds is 4. The smallest absolute Gasteiger partial charge is 0.227 e. The number of amides is 2. The number of nitrogens with one attached hydrogen (secondary N) is 1. The standard InChI is InChI=1S/C15H25N3O3/c1-10-6-12(10)18-8-11(7-13(18)19)17-14(20)15(9-16)2-4-21-5-3-15/h10-12H,2-9,16H2,1H3,(H,17,20). The van der Waals surface area contributed by atoms with E-state index in [4.69, 9.17) is 10.5 Å². The first-order chi connectivity index (χ1) is 10.1. The molecule has 21 heavy (non-hydrogen) atoms. The fourth-order valence-electron chi connectivity index (χ4n) is 3.51. The normalized spacial score (nSPS) is 34.9. The van der Waals surface area contributed by atoms with Crippen LogP contribution in [0.3, 0.4) is 0 Å². The third kappa shape index (κ3) is 2.79. The van der Waals surface area contributed by atoms with Gasteiger partial charge in [0.15, 0.2) is 0 Å². The molecular formula is C15H25N3O3. The van der Waals surface area contributed by atoms with Gasteiger partial charge in [0, 0.05) is 38.8 Å². The number of hydrogen-bond donors (Lipinski definition) is 2. The van der Waals surface area contributed by atoms with Crippen molar-refractivity contribution in [3.8, 4) is 0 Å². The number of carbonyl (C=O) groups excluding carboxylic acids is 2. The van der Waals surface area contributed by atoms with E-state index in [-0.39, 0.29) is 17.9 Å². The van der Waals surface area contributed by atoms with E-state index in [1.54, 1.807) is 0 Å². The zero-order chi connectivity index (χ0) is 15.0. The maximum absolute atomic E-state index is 12.6. The Morgan fingerprint density at radius 3 is 2.71 bits per heavy atom. The lowest BCUT2D eigenvalue weighted by atomic mass is 9.79. The van der Waals surface area contributed by atoms with Crippen molar-refractivity contribution in [3.05, 3.63) is 0 Å². The van der Waals surface area contributed by atoms with Crippen LogP contribution in [0.15, 0.2) is 0 Å². The van der Waals surface area contributed by atoms with Crippen molar-refractivity contribution in [1.82, 2.24) is 10.2 Å². The second kappa shape index (κ2) is 5.57. The van der Waals surface area contributed by atoms with Gasteiger partial charge in [0.1, 0.15) is 0 Å². The molecule has 3 fully saturated rings. The number of nitrogens with two attached hydrogens (primary N) is 1. The minimum atomic E-state index is -0.512. The number of carbonyl (C=O) groups is 2. The van der Waals surface area contributed by atoms with Gasteiger partial charge in [-0.15, -0.1) is 0 Å². The molecular weight excluding hydrogens is 270 g/mol. The molecule has 2 aliphatic heterocycles. The first-order valence-electron chi connectivity index (χ1n) is 7.94. The van der Waals surface area contributed by atoms with Gasteiger partial charge in [-0.3, -0.25) is 9.59 Å². The minimum Gasteiger partial charge on any atom is -0.381 e. The summed E-state index contributed by atoms with van der Waals surface area (Å²) in [5.41, 5.74) is 5.34. The average Bonchev–Trinajstić information content (AvgIpc) is 3.10. The van der Waals surface area contributed by atoms with Gasteiger partial charge < -0.3 is 20.7 Å². The van der Waals surface area contributed by atoms with Crippen LogP contribution in [-0.4, -0.2) is 55.1 Å². The summed E-state index contributed by atoms with van der Waals surface area (Å²) in [4.78, 5) is 26.6. The van der Waals surface area contributed by atoms with E-state index in [1.165, 1.54) is 0 Å². The van der Waals surface area contributed by atoms with E-state index in [0.717, 1.165) is 6.42 Å². The highest BCUT2D eigenvalue weighted by atomic mass is 16.5.